The number of anilines is 1. The van der Waals surface area contributed by atoms with Crippen LogP contribution in [0.4, 0.5) is 10.1 Å². The Morgan fingerprint density at radius 2 is 1.90 bits per heavy atom. The zero-order valence-electron chi connectivity index (χ0n) is 10.8. The van der Waals surface area contributed by atoms with E-state index in [-0.39, 0.29) is 11.6 Å². The van der Waals surface area contributed by atoms with E-state index in [1.165, 1.54) is 12.1 Å². The van der Waals surface area contributed by atoms with Crippen LogP contribution in [-0.4, -0.2) is 12.5 Å². The standard InChI is InChI=1S/C15H16FN3O/c16-11-6-7-14(12(8-11)15(18)20)19-9-13(17)10-4-2-1-3-5-10/h1-8,13,19H,9,17H2,(H2,18,20). The Labute approximate surface area is 116 Å². The molecule has 5 N–H and O–H groups in total. The predicted molar refractivity (Wildman–Crippen MR) is 76.8 cm³/mol. The summed E-state index contributed by atoms with van der Waals surface area (Å²) in [5, 5.41) is 3.03. The molecule has 0 radical (unpaired) electrons. The Balaban J connectivity index is 2.09. The molecule has 0 aliphatic rings. The molecule has 1 atom stereocenters. The summed E-state index contributed by atoms with van der Waals surface area (Å²) in [5.41, 5.74) is 12.8. The highest BCUT2D eigenvalue weighted by Gasteiger charge is 2.11. The molecule has 104 valence electrons. The van der Waals surface area contributed by atoms with Gasteiger partial charge in [0, 0.05) is 18.3 Å². The average Bonchev–Trinajstić information content (AvgIpc) is 2.46. The maximum atomic E-state index is 13.1. The number of nitrogens with one attached hydrogen (secondary N) is 1. The SMILES string of the molecule is NC(=O)c1cc(F)ccc1NCC(N)c1ccccc1. The summed E-state index contributed by atoms with van der Waals surface area (Å²) < 4.78 is 13.1. The molecule has 5 heteroatoms. The second-order valence-electron chi connectivity index (χ2n) is 4.45. The van der Waals surface area contributed by atoms with Gasteiger partial charge < -0.3 is 16.8 Å². The van der Waals surface area contributed by atoms with Crippen molar-refractivity contribution in [2.24, 2.45) is 11.5 Å². The van der Waals surface area contributed by atoms with Gasteiger partial charge in [0.25, 0.3) is 5.91 Å². The van der Waals surface area contributed by atoms with E-state index in [2.05, 4.69) is 5.32 Å². The first-order chi connectivity index (χ1) is 9.58. The van der Waals surface area contributed by atoms with E-state index in [0.29, 0.717) is 12.2 Å². The molecule has 2 aromatic rings. The van der Waals surface area contributed by atoms with E-state index in [1.54, 1.807) is 0 Å². The number of benzene rings is 2. The van der Waals surface area contributed by atoms with Gasteiger partial charge in [0.15, 0.2) is 0 Å². The van der Waals surface area contributed by atoms with Crippen molar-refractivity contribution < 1.29 is 9.18 Å². The molecule has 0 saturated carbocycles. The van der Waals surface area contributed by atoms with Crippen molar-refractivity contribution in [2.45, 2.75) is 6.04 Å². The van der Waals surface area contributed by atoms with Crippen LogP contribution in [-0.2, 0) is 0 Å². The van der Waals surface area contributed by atoms with E-state index in [4.69, 9.17) is 11.5 Å². The van der Waals surface area contributed by atoms with Crippen molar-refractivity contribution >= 4 is 11.6 Å². The van der Waals surface area contributed by atoms with Gasteiger partial charge in [-0.2, -0.15) is 0 Å². The predicted octanol–water partition coefficient (Wildman–Crippen LogP) is 2.04. The molecule has 0 heterocycles. The quantitative estimate of drug-likeness (QED) is 0.779. The first-order valence-corrected chi connectivity index (χ1v) is 6.21. The minimum absolute atomic E-state index is 0.116. The monoisotopic (exact) mass is 273 g/mol. The van der Waals surface area contributed by atoms with Crippen LogP contribution >= 0.6 is 0 Å². The van der Waals surface area contributed by atoms with Gasteiger partial charge in [-0.25, -0.2) is 4.39 Å². The smallest absolute Gasteiger partial charge is 0.250 e. The summed E-state index contributed by atoms with van der Waals surface area (Å²) in [7, 11) is 0. The van der Waals surface area contributed by atoms with E-state index < -0.39 is 11.7 Å². The molecule has 0 fully saturated rings. The Morgan fingerprint density at radius 1 is 1.20 bits per heavy atom. The van der Waals surface area contributed by atoms with Crippen molar-refractivity contribution in [1.29, 1.82) is 0 Å². The van der Waals surface area contributed by atoms with Gasteiger partial charge in [0.1, 0.15) is 5.82 Å². The van der Waals surface area contributed by atoms with Crippen molar-refractivity contribution in [1.82, 2.24) is 0 Å². The zero-order valence-corrected chi connectivity index (χ0v) is 10.8. The lowest BCUT2D eigenvalue weighted by atomic mass is 10.1. The molecule has 2 rings (SSSR count). The highest BCUT2D eigenvalue weighted by Crippen LogP contribution is 2.18. The van der Waals surface area contributed by atoms with Gasteiger partial charge in [-0.1, -0.05) is 30.3 Å². The average molecular weight is 273 g/mol. The van der Waals surface area contributed by atoms with Gasteiger partial charge in [0.2, 0.25) is 0 Å². The fourth-order valence-electron chi connectivity index (χ4n) is 1.91. The number of carbonyl (C=O) groups is 1. The van der Waals surface area contributed by atoms with Crippen molar-refractivity contribution in [3.63, 3.8) is 0 Å². The first-order valence-electron chi connectivity index (χ1n) is 6.21. The Bertz CT molecular complexity index is 601. The number of carbonyl (C=O) groups excluding carboxylic acids is 1. The maximum Gasteiger partial charge on any atom is 0.250 e. The van der Waals surface area contributed by atoms with E-state index in [9.17, 15) is 9.18 Å². The molecule has 2 aromatic carbocycles. The largest absolute Gasteiger partial charge is 0.382 e. The molecule has 1 amide bonds. The number of halogens is 1. The number of primary amides is 1. The lowest BCUT2D eigenvalue weighted by Crippen LogP contribution is -2.22. The van der Waals surface area contributed by atoms with Gasteiger partial charge in [-0.05, 0) is 23.8 Å². The number of nitrogens with two attached hydrogens (primary N) is 2. The number of amides is 1. The molecule has 0 bridgehead atoms. The third-order valence-corrected chi connectivity index (χ3v) is 2.99. The lowest BCUT2D eigenvalue weighted by Gasteiger charge is -2.15. The van der Waals surface area contributed by atoms with Gasteiger partial charge in [0.05, 0.1) is 5.56 Å². The molecule has 0 aliphatic carbocycles. The van der Waals surface area contributed by atoms with E-state index in [1.807, 2.05) is 30.3 Å². The first kappa shape index (κ1) is 14.0. The highest BCUT2D eigenvalue weighted by atomic mass is 19.1. The summed E-state index contributed by atoms with van der Waals surface area (Å²) >= 11 is 0. The molecule has 20 heavy (non-hydrogen) atoms. The van der Waals surface area contributed by atoms with Crippen LogP contribution in [0.5, 0.6) is 0 Å². The fraction of sp³-hybridized carbons (Fsp3) is 0.133. The summed E-state index contributed by atoms with van der Waals surface area (Å²) in [6.07, 6.45) is 0. The Morgan fingerprint density at radius 3 is 2.55 bits per heavy atom. The van der Waals surface area contributed by atoms with E-state index >= 15 is 0 Å². The minimum atomic E-state index is -0.680. The third-order valence-electron chi connectivity index (χ3n) is 2.99. The summed E-state index contributed by atoms with van der Waals surface area (Å²) in [6.45, 7) is 0.413. The maximum absolute atomic E-state index is 13.1. The minimum Gasteiger partial charge on any atom is -0.382 e. The summed E-state index contributed by atoms with van der Waals surface area (Å²) in [5.74, 6) is -1.18. The van der Waals surface area contributed by atoms with Crippen molar-refractivity contribution in [3.8, 4) is 0 Å². The molecule has 0 aromatic heterocycles. The van der Waals surface area contributed by atoms with Gasteiger partial charge in [-0.3, -0.25) is 4.79 Å². The zero-order chi connectivity index (χ0) is 14.5. The van der Waals surface area contributed by atoms with Crippen LogP contribution < -0.4 is 16.8 Å². The summed E-state index contributed by atoms with van der Waals surface area (Å²) in [4.78, 5) is 11.3. The van der Waals surface area contributed by atoms with Crippen LogP contribution in [0.2, 0.25) is 0 Å². The van der Waals surface area contributed by atoms with Crippen molar-refractivity contribution in [2.75, 3.05) is 11.9 Å². The highest BCUT2D eigenvalue weighted by molar-refractivity contribution is 5.98. The van der Waals surface area contributed by atoms with Crippen LogP contribution in [0.15, 0.2) is 48.5 Å². The second kappa shape index (κ2) is 6.16. The molecular weight excluding hydrogens is 257 g/mol. The molecule has 1 unspecified atom stereocenters. The van der Waals surface area contributed by atoms with Crippen LogP contribution in [0.3, 0.4) is 0 Å². The Kier molecular flexibility index (Phi) is 4.32. The molecule has 0 spiro atoms. The summed E-state index contributed by atoms with van der Waals surface area (Å²) in [6, 6.07) is 13.2. The topological polar surface area (TPSA) is 81.1 Å². The number of rotatable bonds is 5. The van der Waals surface area contributed by atoms with Gasteiger partial charge in [-0.15, -0.1) is 0 Å². The third kappa shape index (κ3) is 3.33. The molecular formula is C15H16FN3O. The number of hydrogen-bond donors (Lipinski definition) is 3. The van der Waals surface area contributed by atoms with Crippen LogP contribution in [0.1, 0.15) is 22.0 Å². The van der Waals surface area contributed by atoms with Crippen molar-refractivity contribution in [3.05, 3.63) is 65.5 Å². The Hall–Kier alpha value is -2.40. The van der Waals surface area contributed by atoms with Gasteiger partial charge >= 0.3 is 0 Å². The molecule has 0 saturated heterocycles. The lowest BCUT2D eigenvalue weighted by molar-refractivity contribution is 0.100. The second-order valence-corrected chi connectivity index (χ2v) is 4.45. The number of hydrogen-bond acceptors (Lipinski definition) is 3. The normalized spacial score (nSPS) is 11.9. The molecule has 4 nitrogen and oxygen atoms in total. The van der Waals surface area contributed by atoms with Crippen LogP contribution in [0, 0.1) is 5.82 Å². The van der Waals surface area contributed by atoms with Crippen LogP contribution in [0.25, 0.3) is 0 Å². The molecule has 0 aliphatic heterocycles. The van der Waals surface area contributed by atoms with E-state index in [0.717, 1.165) is 11.6 Å². The fourth-order valence-corrected chi connectivity index (χ4v) is 1.91.